The molecule has 1 fully saturated rings. The second-order valence-corrected chi connectivity index (χ2v) is 7.37. The topological polar surface area (TPSA) is 29.5 Å². The van der Waals surface area contributed by atoms with E-state index in [0.29, 0.717) is 5.02 Å². The van der Waals surface area contributed by atoms with E-state index in [1.165, 1.54) is 0 Å². The molecule has 0 aliphatic heterocycles. The van der Waals surface area contributed by atoms with Crippen LogP contribution in [0.3, 0.4) is 0 Å². The van der Waals surface area contributed by atoms with Crippen molar-refractivity contribution in [3.05, 3.63) is 64.7 Å². The first-order valence-electron chi connectivity index (χ1n) is 6.81. The predicted molar refractivity (Wildman–Crippen MR) is 88.3 cm³/mol. The van der Waals surface area contributed by atoms with Crippen molar-refractivity contribution < 1.29 is 9.84 Å². The summed E-state index contributed by atoms with van der Waals surface area (Å²) in [6.45, 7) is 0. The highest BCUT2D eigenvalue weighted by Crippen LogP contribution is 2.59. The van der Waals surface area contributed by atoms with Crippen LogP contribution in [0, 0.1) is 0 Å². The lowest BCUT2D eigenvalue weighted by molar-refractivity contribution is 0.0721. The molecule has 1 atom stereocenters. The second-order valence-electron chi connectivity index (χ2n) is 5.41. The van der Waals surface area contributed by atoms with Crippen LogP contribution in [0.25, 0.3) is 0 Å². The van der Waals surface area contributed by atoms with Gasteiger partial charge < -0.3 is 9.84 Å². The molecule has 2 nitrogen and oxygen atoms in total. The molecule has 1 N–H and O–H groups in total. The number of methoxy groups -OCH3 is 1. The summed E-state index contributed by atoms with van der Waals surface area (Å²) >= 11 is 9.69. The molecule has 4 heteroatoms. The fraction of sp³-hybridized carbons (Fsp3) is 0.294. The van der Waals surface area contributed by atoms with Crippen LogP contribution >= 0.6 is 27.5 Å². The molecule has 0 aromatic heterocycles. The maximum Gasteiger partial charge on any atom is 0.130 e. The van der Waals surface area contributed by atoms with Crippen LogP contribution in [0.2, 0.25) is 5.02 Å². The van der Waals surface area contributed by atoms with E-state index in [9.17, 15) is 5.11 Å². The van der Waals surface area contributed by atoms with Crippen molar-refractivity contribution in [3.8, 4) is 5.75 Å². The zero-order valence-electron chi connectivity index (χ0n) is 11.6. The highest BCUT2D eigenvalue weighted by atomic mass is 79.9. The maximum absolute atomic E-state index is 11.5. The molecule has 0 radical (unpaired) electrons. The van der Waals surface area contributed by atoms with E-state index in [1.807, 2.05) is 48.5 Å². The molecule has 0 bridgehead atoms. The molecule has 1 aliphatic rings. The zero-order chi connectivity index (χ0) is 15.1. The van der Waals surface area contributed by atoms with Crippen LogP contribution < -0.4 is 4.74 Å². The minimum Gasteiger partial charge on any atom is -0.497 e. The Morgan fingerprint density at radius 2 is 1.52 bits per heavy atom. The molecule has 2 aromatic carbocycles. The van der Waals surface area contributed by atoms with Crippen LogP contribution in [0.1, 0.15) is 24.0 Å². The summed E-state index contributed by atoms with van der Waals surface area (Å²) in [5, 5.41) is 12.1. The molecule has 3 rings (SSSR count). The predicted octanol–water partition coefficient (Wildman–Crippen LogP) is 4.51. The Morgan fingerprint density at radius 3 is 1.95 bits per heavy atom. The number of aliphatic hydroxyl groups is 1. The third kappa shape index (κ3) is 2.48. The van der Waals surface area contributed by atoms with Crippen molar-refractivity contribution in [2.24, 2.45) is 0 Å². The Kier molecular flexibility index (Phi) is 3.76. The molecule has 0 spiro atoms. The molecule has 110 valence electrons. The lowest BCUT2D eigenvalue weighted by atomic mass is 9.82. The largest absolute Gasteiger partial charge is 0.497 e. The van der Waals surface area contributed by atoms with Gasteiger partial charge in [0.25, 0.3) is 0 Å². The third-order valence-corrected chi connectivity index (χ3v) is 5.73. The number of hydrogen-bond donors (Lipinski definition) is 1. The van der Waals surface area contributed by atoms with Gasteiger partial charge in [0.2, 0.25) is 0 Å². The molecule has 1 aliphatic carbocycles. The molecule has 0 amide bonds. The van der Waals surface area contributed by atoms with E-state index < -0.39 is 5.60 Å². The molecule has 1 saturated carbocycles. The summed E-state index contributed by atoms with van der Waals surface area (Å²) in [6.07, 6.45) is 1.86. The average molecular weight is 368 g/mol. The van der Waals surface area contributed by atoms with Gasteiger partial charge >= 0.3 is 0 Å². The van der Waals surface area contributed by atoms with Gasteiger partial charge in [-0.25, -0.2) is 0 Å². The van der Waals surface area contributed by atoms with Crippen LogP contribution in [0.5, 0.6) is 5.75 Å². The van der Waals surface area contributed by atoms with Gasteiger partial charge in [-0.05, 0) is 48.2 Å². The van der Waals surface area contributed by atoms with Crippen molar-refractivity contribution in [1.29, 1.82) is 0 Å². The van der Waals surface area contributed by atoms with Gasteiger partial charge in [-0.1, -0.05) is 51.8 Å². The van der Waals surface area contributed by atoms with E-state index >= 15 is 0 Å². The van der Waals surface area contributed by atoms with Gasteiger partial charge in [0.1, 0.15) is 11.4 Å². The zero-order valence-corrected chi connectivity index (χ0v) is 14.0. The number of rotatable bonds is 4. The Bertz CT molecular complexity index is 635. The molecule has 21 heavy (non-hydrogen) atoms. The molecular formula is C17H16BrClO2. The Balaban J connectivity index is 2.10. The number of halogens is 2. The van der Waals surface area contributed by atoms with Crippen LogP contribution in [-0.2, 0) is 5.60 Å². The number of ether oxygens (including phenoxy) is 1. The fourth-order valence-corrected chi connectivity index (χ4v) is 3.46. The monoisotopic (exact) mass is 366 g/mol. The Hall–Kier alpha value is -1.03. The van der Waals surface area contributed by atoms with Gasteiger partial charge in [-0.2, -0.15) is 0 Å². The van der Waals surface area contributed by atoms with Crippen molar-refractivity contribution in [3.63, 3.8) is 0 Å². The first-order chi connectivity index (χ1) is 9.99. The van der Waals surface area contributed by atoms with Gasteiger partial charge in [0.15, 0.2) is 0 Å². The summed E-state index contributed by atoms with van der Waals surface area (Å²) < 4.78 is 4.88. The lowest BCUT2D eigenvalue weighted by Crippen LogP contribution is -2.38. The molecule has 2 aromatic rings. The van der Waals surface area contributed by atoms with Gasteiger partial charge in [-0.3, -0.25) is 0 Å². The number of benzene rings is 2. The van der Waals surface area contributed by atoms with Crippen molar-refractivity contribution in [2.75, 3.05) is 7.11 Å². The van der Waals surface area contributed by atoms with Crippen LogP contribution in [0.4, 0.5) is 0 Å². The summed E-state index contributed by atoms with van der Waals surface area (Å²) in [4.78, 5) is 0. The molecule has 0 heterocycles. The van der Waals surface area contributed by atoms with Crippen molar-refractivity contribution >= 4 is 27.5 Å². The smallest absolute Gasteiger partial charge is 0.130 e. The van der Waals surface area contributed by atoms with Crippen molar-refractivity contribution in [1.82, 2.24) is 0 Å². The normalized spacial score (nSPS) is 18.9. The molecular weight excluding hydrogens is 352 g/mol. The van der Waals surface area contributed by atoms with E-state index in [2.05, 4.69) is 15.9 Å². The molecule has 0 saturated heterocycles. The molecule has 1 unspecified atom stereocenters. The second kappa shape index (κ2) is 5.31. The minimum atomic E-state index is -1.08. The highest BCUT2D eigenvalue weighted by molar-refractivity contribution is 9.10. The number of hydrogen-bond acceptors (Lipinski definition) is 2. The van der Waals surface area contributed by atoms with Gasteiger partial charge in [0, 0.05) is 5.02 Å². The first-order valence-corrected chi connectivity index (χ1v) is 7.98. The summed E-state index contributed by atoms with van der Waals surface area (Å²) in [7, 11) is 1.63. The number of alkyl halides is 1. The lowest BCUT2D eigenvalue weighted by Gasteiger charge is -2.34. The maximum atomic E-state index is 11.5. The summed E-state index contributed by atoms with van der Waals surface area (Å²) in [5.74, 6) is 0.775. The fourth-order valence-electron chi connectivity index (χ4n) is 2.68. The highest BCUT2D eigenvalue weighted by Gasteiger charge is 2.58. The summed E-state index contributed by atoms with van der Waals surface area (Å²) in [5.41, 5.74) is 0.607. The third-order valence-electron chi connectivity index (χ3n) is 4.11. The Labute approximate surface area is 137 Å². The van der Waals surface area contributed by atoms with Crippen molar-refractivity contribution in [2.45, 2.75) is 22.8 Å². The van der Waals surface area contributed by atoms with Crippen LogP contribution in [0.15, 0.2) is 48.5 Å². The minimum absolute atomic E-state index is 0.317. The van der Waals surface area contributed by atoms with Crippen LogP contribution in [-0.4, -0.2) is 16.5 Å². The van der Waals surface area contributed by atoms with E-state index in [-0.39, 0.29) is 4.32 Å². The summed E-state index contributed by atoms with van der Waals surface area (Å²) in [6, 6.07) is 14.9. The average Bonchev–Trinajstić information content (AvgIpc) is 3.27. The van der Waals surface area contributed by atoms with Gasteiger partial charge in [0.05, 0.1) is 11.4 Å². The van der Waals surface area contributed by atoms with Gasteiger partial charge in [-0.15, -0.1) is 0 Å². The standard InChI is InChI=1S/C17H16BrClO2/c1-21-15-8-4-13(5-9-15)17(20,16(18)10-11-16)12-2-6-14(19)7-3-12/h2-9,20H,10-11H2,1H3. The first kappa shape index (κ1) is 14.9. The van der Waals surface area contributed by atoms with E-state index in [4.69, 9.17) is 16.3 Å². The van der Waals surface area contributed by atoms with E-state index in [1.54, 1.807) is 7.11 Å². The van der Waals surface area contributed by atoms with E-state index in [0.717, 1.165) is 29.7 Å². The SMILES string of the molecule is COc1ccc(C(O)(c2ccc(Cl)cc2)C2(Br)CC2)cc1. The quantitative estimate of drug-likeness (QED) is 0.806. The Morgan fingerprint density at radius 1 is 1.05 bits per heavy atom.